The van der Waals surface area contributed by atoms with Crippen LogP contribution in [0.4, 0.5) is 0 Å². The van der Waals surface area contributed by atoms with Gasteiger partial charge >= 0.3 is 0 Å². The number of rotatable bonds is 4. The fourth-order valence-corrected chi connectivity index (χ4v) is 1.45. The highest BCUT2D eigenvalue weighted by atomic mass is 79.9. The van der Waals surface area contributed by atoms with Crippen molar-refractivity contribution in [3.8, 4) is 0 Å². The summed E-state index contributed by atoms with van der Waals surface area (Å²) >= 11 is 3.45. The van der Waals surface area contributed by atoms with Crippen molar-refractivity contribution in [1.82, 2.24) is 19.7 Å². The second-order valence-electron chi connectivity index (χ2n) is 3.22. The SMILES string of the molecule is CC(CBr)N(C)Cc1ncnn1C. The Morgan fingerprint density at radius 3 is 2.85 bits per heavy atom. The number of aromatic nitrogens is 3. The summed E-state index contributed by atoms with van der Waals surface area (Å²) in [5.74, 6) is 0.996. The predicted molar refractivity (Wildman–Crippen MR) is 55.7 cm³/mol. The van der Waals surface area contributed by atoms with Crippen LogP contribution >= 0.6 is 15.9 Å². The summed E-state index contributed by atoms with van der Waals surface area (Å²) in [6.07, 6.45) is 1.59. The summed E-state index contributed by atoms with van der Waals surface area (Å²) in [4.78, 5) is 6.40. The standard InChI is InChI=1S/C8H15BrN4/c1-7(4-9)12(2)5-8-10-6-11-13(8)3/h6-7H,4-5H2,1-3H3. The quantitative estimate of drug-likeness (QED) is 0.745. The molecule has 1 atom stereocenters. The van der Waals surface area contributed by atoms with Gasteiger partial charge in [0.25, 0.3) is 0 Å². The fourth-order valence-electron chi connectivity index (χ4n) is 0.960. The highest BCUT2D eigenvalue weighted by molar-refractivity contribution is 9.09. The van der Waals surface area contributed by atoms with Crippen molar-refractivity contribution in [2.75, 3.05) is 12.4 Å². The number of hydrogen-bond donors (Lipinski definition) is 0. The maximum Gasteiger partial charge on any atom is 0.140 e. The Morgan fingerprint density at radius 2 is 2.38 bits per heavy atom. The van der Waals surface area contributed by atoms with E-state index in [-0.39, 0.29) is 0 Å². The van der Waals surface area contributed by atoms with E-state index in [1.54, 1.807) is 11.0 Å². The highest BCUT2D eigenvalue weighted by Gasteiger charge is 2.10. The average Bonchev–Trinajstić information content (AvgIpc) is 2.50. The molecule has 1 aromatic heterocycles. The molecule has 0 bridgehead atoms. The molecular weight excluding hydrogens is 232 g/mol. The van der Waals surface area contributed by atoms with Gasteiger partial charge in [-0.05, 0) is 14.0 Å². The van der Waals surface area contributed by atoms with E-state index >= 15 is 0 Å². The normalized spacial score (nSPS) is 13.6. The maximum atomic E-state index is 4.17. The molecule has 0 aliphatic heterocycles. The third-order valence-electron chi connectivity index (χ3n) is 2.17. The lowest BCUT2D eigenvalue weighted by atomic mass is 10.3. The van der Waals surface area contributed by atoms with Crippen molar-refractivity contribution < 1.29 is 0 Å². The molecule has 0 N–H and O–H groups in total. The third kappa shape index (κ3) is 2.77. The first-order valence-corrected chi connectivity index (χ1v) is 5.36. The lowest BCUT2D eigenvalue weighted by Crippen LogP contribution is -2.30. The minimum atomic E-state index is 0.511. The molecule has 0 aromatic carbocycles. The molecule has 0 saturated heterocycles. The van der Waals surface area contributed by atoms with Gasteiger partial charge in [0, 0.05) is 18.4 Å². The van der Waals surface area contributed by atoms with Gasteiger partial charge in [0.05, 0.1) is 6.54 Å². The lowest BCUT2D eigenvalue weighted by Gasteiger charge is -2.21. The first kappa shape index (κ1) is 10.7. The molecule has 0 aliphatic rings. The van der Waals surface area contributed by atoms with Crippen LogP contribution in [0.3, 0.4) is 0 Å². The second-order valence-corrected chi connectivity index (χ2v) is 3.87. The molecule has 13 heavy (non-hydrogen) atoms. The summed E-state index contributed by atoms with van der Waals surface area (Å²) < 4.78 is 1.80. The summed E-state index contributed by atoms with van der Waals surface area (Å²) in [5.41, 5.74) is 0. The smallest absolute Gasteiger partial charge is 0.140 e. The molecular formula is C8H15BrN4. The second kappa shape index (κ2) is 4.72. The fraction of sp³-hybridized carbons (Fsp3) is 0.750. The van der Waals surface area contributed by atoms with Crippen LogP contribution in [0.2, 0.25) is 0 Å². The van der Waals surface area contributed by atoms with Gasteiger partial charge in [-0.15, -0.1) is 0 Å². The lowest BCUT2D eigenvalue weighted by molar-refractivity contribution is 0.260. The van der Waals surface area contributed by atoms with Gasteiger partial charge < -0.3 is 0 Å². The van der Waals surface area contributed by atoms with Crippen molar-refractivity contribution >= 4 is 15.9 Å². The Labute approximate surface area is 87.1 Å². The Morgan fingerprint density at radius 1 is 1.69 bits per heavy atom. The van der Waals surface area contributed by atoms with E-state index in [0.717, 1.165) is 17.7 Å². The van der Waals surface area contributed by atoms with Crippen LogP contribution in [-0.4, -0.2) is 38.1 Å². The Balaban J connectivity index is 2.54. The van der Waals surface area contributed by atoms with Crippen molar-refractivity contribution in [2.24, 2.45) is 7.05 Å². The van der Waals surface area contributed by atoms with E-state index in [1.165, 1.54) is 0 Å². The zero-order chi connectivity index (χ0) is 9.84. The van der Waals surface area contributed by atoms with Crippen molar-refractivity contribution in [1.29, 1.82) is 0 Å². The minimum absolute atomic E-state index is 0.511. The topological polar surface area (TPSA) is 34.0 Å². The van der Waals surface area contributed by atoms with Crippen LogP contribution in [0.15, 0.2) is 6.33 Å². The van der Waals surface area contributed by atoms with Gasteiger partial charge in [-0.1, -0.05) is 15.9 Å². The van der Waals surface area contributed by atoms with E-state index in [0.29, 0.717) is 6.04 Å². The van der Waals surface area contributed by atoms with Gasteiger partial charge in [-0.3, -0.25) is 9.58 Å². The molecule has 0 spiro atoms. The van der Waals surface area contributed by atoms with Crippen LogP contribution in [-0.2, 0) is 13.6 Å². The molecule has 5 heteroatoms. The predicted octanol–water partition coefficient (Wildman–Crippen LogP) is 1.03. The van der Waals surface area contributed by atoms with E-state index < -0.39 is 0 Å². The van der Waals surface area contributed by atoms with Crippen LogP contribution in [0, 0.1) is 0 Å². The van der Waals surface area contributed by atoms with Crippen LogP contribution < -0.4 is 0 Å². The monoisotopic (exact) mass is 246 g/mol. The number of alkyl halides is 1. The van der Waals surface area contributed by atoms with Gasteiger partial charge in [-0.25, -0.2) is 4.98 Å². The zero-order valence-electron chi connectivity index (χ0n) is 8.24. The zero-order valence-corrected chi connectivity index (χ0v) is 9.82. The summed E-state index contributed by atoms with van der Waals surface area (Å²) in [5, 5.41) is 5.00. The van der Waals surface area contributed by atoms with E-state index in [4.69, 9.17) is 0 Å². The molecule has 4 nitrogen and oxygen atoms in total. The van der Waals surface area contributed by atoms with Crippen LogP contribution in [0.1, 0.15) is 12.7 Å². The van der Waals surface area contributed by atoms with E-state index in [9.17, 15) is 0 Å². The minimum Gasteiger partial charge on any atom is -0.295 e. The van der Waals surface area contributed by atoms with Gasteiger partial charge in [0.1, 0.15) is 12.2 Å². The Kier molecular flexibility index (Phi) is 3.87. The van der Waals surface area contributed by atoms with Crippen molar-refractivity contribution in [3.63, 3.8) is 0 Å². The van der Waals surface area contributed by atoms with Gasteiger partial charge in [0.15, 0.2) is 0 Å². The molecule has 1 rings (SSSR count). The number of nitrogens with zero attached hydrogens (tertiary/aromatic N) is 4. The molecule has 74 valence electrons. The van der Waals surface area contributed by atoms with Gasteiger partial charge in [0.2, 0.25) is 0 Å². The summed E-state index contributed by atoms with van der Waals surface area (Å²) in [6.45, 7) is 3.01. The maximum absolute atomic E-state index is 4.17. The van der Waals surface area contributed by atoms with Gasteiger partial charge in [-0.2, -0.15) is 5.10 Å². The number of hydrogen-bond acceptors (Lipinski definition) is 3. The van der Waals surface area contributed by atoms with Crippen molar-refractivity contribution in [3.05, 3.63) is 12.2 Å². The molecule has 0 fully saturated rings. The summed E-state index contributed by atoms with van der Waals surface area (Å²) in [6, 6.07) is 0.511. The average molecular weight is 247 g/mol. The first-order valence-electron chi connectivity index (χ1n) is 4.24. The Hall–Kier alpha value is -0.420. The Bertz CT molecular complexity index is 260. The molecule has 0 radical (unpaired) electrons. The highest BCUT2D eigenvalue weighted by Crippen LogP contribution is 2.04. The van der Waals surface area contributed by atoms with Crippen molar-refractivity contribution in [2.45, 2.75) is 19.5 Å². The summed E-state index contributed by atoms with van der Waals surface area (Å²) in [7, 11) is 4.00. The molecule has 0 amide bonds. The van der Waals surface area contributed by atoms with E-state index in [2.05, 4.69) is 44.9 Å². The molecule has 0 saturated carbocycles. The number of halogens is 1. The first-order chi connectivity index (χ1) is 6.15. The molecule has 1 aromatic rings. The molecule has 0 aliphatic carbocycles. The van der Waals surface area contributed by atoms with E-state index in [1.807, 2.05) is 7.05 Å². The van der Waals surface area contributed by atoms with Crippen LogP contribution in [0.25, 0.3) is 0 Å². The largest absolute Gasteiger partial charge is 0.295 e. The van der Waals surface area contributed by atoms with Crippen LogP contribution in [0.5, 0.6) is 0 Å². The molecule has 1 heterocycles. The number of aryl methyl sites for hydroxylation is 1. The third-order valence-corrected chi connectivity index (χ3v) is 3.11. The molecule has 1 unspecified atom stereocenters.